The fourth-order valence-electron chi connectivity index (χ4n) is 1.34. The maximum Gasteiger partial charge on any atom is 0.106 e. The van der Waals surface area contributed by atoms with Gasteiger partial charge in [-0.1, -0.05) is 63.0 Å². The lowest BCUT2D eigenvalue weighted by Crippen LogP contribution is -2.39. The van der Waals surface area contributed by atoms with Gasteiger partial charge in [0.2, 0.25) is 0 Å². The molecule has 0 spiro atoms. The van der Waals surface area contributed by atoms with E-state index in [2.05, 4.69) is 56.1 Å². The molecule has 1 aromatic carbocycles. The first kappa shape index (κ1) is 13.4. The topological polar surface area (TPSA) is 12.0 Å². The first-order chi connectivity index (χ1) is 7.42. The van der Waals surface area contributed by atoms with Gasteiger partial charge in [-0.3, -0.25) is 0 Å². The molecule has 1 N–H and O–H groups in total. The SMILES string of the molecule is CCc1ccc(C(=S)NC[Si](C)(C)C)cc1. The Hall–Kier alpha value is -0.673. The van der Waals surface area contributed by atoms with Gasteiger partial charge in [-0.25, -0.2) is 0 Å². The molecule has 0 saturated carbocycles. The lowest BCUT2D eigenvalue weighted by atomic mass is 10.1. The molecule has 16 heavy (non-hydrogen) atoms. The summed E-state index contributed by atoms with van der Waals surface area (Å²) in [6.07, 6.45) is 2.12. The van der Waals surface area contributed by atoms with Crippen molar-refractivity contribution in [2.75, 3.05) is 6.17 Å². The van der Waals surface area contributed by atoms with Gasteiger partial charge in [0.05, 0.1) is 8.07 Å². The number of hydrogen-bond donors (Lipinski definition) is 1. The number of thiocarbonyl (C=S) groups is 1. The molecule has 0 unspecified atom stereocenters. The van der Waals surface area contributed by atoms with Gasteiger partial charge in [-0.05, 0) is 12.0 Å². The van der Waals surface area contributed by atoms with Crippen molar-refractivity contribution in [2.45, 2.75) is 33.0 Å². The molecule has 0 fully saturated rings. The summed E-state index contributed by atoms with van der Waals surface area (Å²) in [6, 6.07) is 8.52. The van der Waals surface area contributed by atoms with Crippen molar-refractivity contribution in [2.24, 2.45) is 0 Å². The molecule has 0 aliphatic rings. The maximum atomic E-state index is 5.38. The van der Waals surface area contributed by atoms with Crippen molar-refractivity contribution in [3.63, 3.8) is 0 Å². The molecule has 0 bridgehead atoms. The van der Waals surface area contributed by atoms with Crippen LogP contribution in [0.5, 0.6) is 0 Å². The summed E-state index contributed by atoms with van der Waals surface area (Å²) in [6.45, 7) is 9.17. The fraction of sp³-hybridized carbons (Fsp3) is 0.462. The molecule has 0 aromatic heterocycles. The quantitative estimate of drug-likeness (QED) is 0.650. The Morgan fingerprint density at radius 2 is 1.75 bits per heavy atom. The number of aryl methyl sites for hydroxylation is 1. The number of rotatable bonds is 4. The van der Waals surface area contributed by atoms with Crippen LogP contribution in [-0.4, -0.2) is 19.2 Å². The van der Waals surface area contributed by atoms with Crippen LogP contribution in [0.4, 0.5) is 0 Å². The molecule has 0 heterocycles. The molecule has 1 rings (SSSR count). The van der Waals surface area contributed by atoms with Crippen LogP contribution in [0.25, 0.3) is 0 Å². The number of benzene rings is 1. The molecule has 88 valence electrons. The zero-order valence-electron chi connectivity index (χ0n) is 10.6. The van der Waals surface area contributed by atoms with Crippen LogP contribution < -0.4 is 5.32 Å². The Bertz CT molecular complexity index is 351. The van der Waals surface area contributed by atoms with Gasteiger partial charge in [0.25, 0.3) is 0 Å². The Balaban J connectivity index is 2.59. The predicted molar refractivity (Wildman–Crippen MR) is 78.9 cm³/mol. The summed E-state index contributed by atoms with van der Waals surface area (Å²) in [5.74, 6) is 0. The van der Waals surface area contributed by atoms with E-state index in [1.807, 2.05) is 0 Å². The molecule has 0 amide bonds. The normalized spacial score (nSPS) is 11.2. The van der Waals surface area contributed by atoms with Crippen LogP contribution in [0.15, 0.2) is 24.3 Å². The highest BCUT2D eigenvalue weighted by Crippen LogP contribution is 2.06. The van der Waals surface area contributed by atoms with Gasteiger partial charge >= 0.3 is 0 Å². The van der Waals surface area contributed by atoms with E-state index in [4.69, 9.17) is 12.2 Å². The van der Waals surface area contributed by atoms with Crippen molar-refractivity contribution < 1.29 is 0 Å². The highest BCUT2D eigenvalue weighted by Gasteiger charge is 2.13. The van der Waals surface area contributed by atoms with Crippen molar-refractivity contribution >= 4 is 25.3 Å². The van der Waals surface area contributed by atoms with E-state index in [1.165, 1.54) is 5.56 Å². The van der Waals surface area contributed by atoms with Crippen LogP contribution in [0.2, 0.25) is 19.6 Å². The average Bonchev–Trinajstić information content (AvgIpc) is 2.25. The molecule has 1 aromatic rings. The van der Waals surface area contributed by atoms with Crippen molar-refractivity contribution in [3.8, 4) is 0 Å². The first-order valence-corrected chi connectivity index (χ1v) is 9.91. The molecular formula is C13H21NSSi. The van der Waals surface area contributed by atoms with Gasteiger partial charge in [0.15, 0.2) is 0 Å². The zero-order valence-corrected chi connectivity index (χ0v) is 12.4. The van der Waals surface area contributed by atoms with Crippen LogP contribution in [0.1, 0.15) is 18.1 Å². The van der Waals surface area contributed by atoms with Crippen LogP contribution in [0.3, 0.4) is 0 Å². The summed E-state index contributed by atoms with van der Waals surface area (Å²) < 4.78 is 0. The van der Waals surface area contributed by atoms with Crippen molar-refractivity contribution in [1.82, 2.24) is 5.32 Å². The molecular weight excluding hydrogens is 230 g/mol. The largest absolute Gasteiger partial charge is 0.379 e. The standard InChI is InChI=1S/C13H21NSSi/c1-5-11-6-8-12(9-7-11)13(15)14-10-16(2,3)4/h6-9H,5,10H2,1-4H3,(H,14,15). The highest BCUT2D eigenvalue weighted by molar-refractivity contribution is 7.80. The second-order valence-electron chi connectivity index (χ2n) is 5.29. The summed E-state index contributed by atoms with van der Waals surface area (Å²) >= 11 is 5.38. The van der Waals surface area contributed by atoms with E-state index in [0.717, 1.165) is 23.1 Å². The molecule has 0 radical (unpaired) electrons. The summed E-state index contributed by atoms with van der Waals surface area (Å²) in [5.41, 5.74) is 2.49. The summed E-state index contributed by atoms with van der Waals surface area (Å²) in [7, 11) is -1.07. The number of nitrogens with one attached hydrogen (secondary N) is 1. The van der Waals surface area contributed by atoms with Crippen molar-refractivity contribution in [1.29, 1.82) is 0 Å². The van der Waals surface area contributed by atoms with Gasteiger partial charge in [-0.15, -0.1) is 0 Å². The maximum absolute atomic E-state index is 5.38. The monoisotopic (exact) mass is 251 g/mol. The third-order valence-corrected chi connectivity index (χ3v) is 4.02. The Morgan fingerprint density at radius 3 is 2.19 bits per heavy atom. The van der Waals surface area contributed by atoms with Crippen molar-refractivity contribution in [3.05, 3.63) is 35.4 Å². The fourth-order valence-corrected chi connectivity index (χ4v) is 2.38. The van der Waals surface area contributed by atoms with E-state index in [9.17, 15) is 0 Å². The second kappa shape index (κ2) is 5.59. The van der Waals surface area contributed by atoms with E-state index in [1.54, 1.807) is 0 Å². The third-order valence-electron chi connectivity index (χ3n) is 2.40. The lowest BCUT2D eigenvalue weighted by Gasteiger charge is -2.18. The van der Waals surface area contributed by atoms with E-state index in [0.29, 0.717) is 0 Å². The predicted octanol–water partition coefficient (Wildman–Crippen LogP) is 3.39. The van der Waals surface area contributed by atoms with Gasteiger partial charge in [-0.2, -0.15) is 0 Å². The van der Waals surface area contributed by atoms with Crippen LogP contribution in [-0.2, 0) is 6.42 Å². The molecule has 3 heteroatoms. The van der Waals surface area contributed by atoms with Gasteiger partial charge in [0, 0.05) is 11.7 Å². The third kappa shape index (κ3) is 4.45. The minimum absolute atomic E-state index is 0.880. The summed E-state index contributed by atoms with van der Waals surface area (Å²) in [5, 5.41) is 3.37. The zero-order chi connectivity index (χ0) is 12.2. The van der Waals surface area contributed by atoms with E-state index < -0.39 is 8.07 Å². The molecule has 0 saturated heterocycles. The van der Waals surface area contributed by atoms with E-state index >= 15 is 0 Å². The number of hydrogen-bond acceptors (Lipinski definition) is 1. The summed E-state index contributed by atoms with van der Waals surface area (Å²) in [4.78, 5) is 0.880. The van der Waals surface area contributed by atoms with Gasteiger partial charge in [0.1, 0.15) is 4.99 Å². The van der Waals surface area contributed by atoms with Gasteiger partial charge < -0.3 is 5.32 Å². The molecule has 0 aliphatic heterocycles. The second-order valence-corrected chi connectivity index (χ2v) is 11.2. The average molecular weight is 251 g/mol. The lowest BCUT2D eigenvalue weighted by molar-refractivity contribution is 1.09. The highest BCUT2D eigenvalue weighted by atomic mass is 32.1. The molecule has 1 nitrogen and oxygen atoms in total. The first-order valence-electron chi connectivity index (χ1n) is 5.79. The minimum atomic E-state index is -1.07. The Morgan fingerprint density at radius 1 is 1.19 bits per heavy atom. The smallest absolute Gasteiger partial charge is 0.106 e. The molecule has 0 aliphatic carbocycles. The van der Waals surface area contributed by atoms with E-state index in [-0.39, 0.29) is 0 Å². The molecule has 0 atom stereocenters. The Labute approximate surface area is 105 Å². The Kier molecular flexibility index (Phi) is 4.68. The minimum Gasteiger partial charge on any atom is -0.379 e. The van der Waals surface area contributed by atoms with Crippen LogP contribution in [0, 0.1) is 0 Å². The van der Waals surface area contributed by atoms with Crippen LogP contribution >= 0.6 is 12.2 Å².